The van der Waals surface area contributed by atoms with Crippen molar-refractivity contribution in [2.45, 2.75) is 44.9 Å². The van der Waals surface area contributed by atoms with E-state index in [1.54, 1.807) is 11.8 Å². The Morgan fingerprint density at radius 1 is 1.38 bits per heavy atom. The quantitative estimate of drug-likeness (QED) is 0.793. The van der Waals surface area contributed by atoms with Gasteiger partial charge in [-0.05, 0) is 51.1 Å². The summed E-state index contributed by atoms with van der Waals surface area (Å²) in [6.45, 7) is 6.75. The highest BCUT2D eigenvalue weighted by atomic mass is 35.5. The molecule has 4 nitrogen and oxygen atoms in total. The molecule has 0 N–H and O–H groups in total. The maximum Gasteiger partial charge on any atom is 0.410 e. The number of rotatable bonds is 4. The fraction of sp³-hybridized carbons (Fsp3) is 0.611. The van der Waals surface area contributed by atoms with E-state index < -0.39 is 5.60 Å². The molecule has 1 aliphatic heterocycles. The Morgan fingerprint density at radius 3 is 2.62 bits per heavy atom. The lowest BCUT2D eigenvalue weighted by Gasteiger charge is -2.40. The monoisotopic (exact) mass is 371 g/mol. The highest BCUT2D eigenvalue weighted by Crippen LogP contribution is 2.22. The fourth-order valence-corrected chi connectivity index (χ4v) is 3.35. The zero-order valence-corrected chi connectivity index (χ0v) is 16.3. The molecular weight excluding hydrogens is 346 g/mol. The van der Waals surface area contributed by atoms with E-state index in [1.165, 1.54) is 0 Å². The Bertz CT molecular complexity index is 544. The van der Waals surface area contributed by atoms with Crippen LogP contribution in [-0.4, -0.2) is 53.9 Å². The van der Waals surface area contributed by atoms with Gasteiger partial charge in [-0.25, -0.2) is 4.79 Å². The van der Waals surface area contributed by atoms with Crippen molar-refractivity contribution in [2.75, 3.05) is 25.2 Å². The number of halogens is 1. The molecule has 1 aromatic carbocycles. The first kappa shape index (κ1) is 19.4. The number of thioether (sulfide) groups is 1. The van der Waals surface area contributed by atoms with Crippen LogP contribution in [0.15, 0.2) is 24.3 Å². The predicted molar refractivity (Wildman–Crippen MR) is 100 cm³/mol. The van der Waals surface area contributed by atoms with Crippen LogP contribution >= 0.6 is 23.4 Å². The van der Waals surface area contributed by atoms with E-state index in [1.807, 2.05) is 56.2 Å². The summed E-state index contributed by atoms with van der Waals surface area (Å²) in [5, 5.41) is 0.711. The van der Waals surface area contributed by atoms with Gasteiger partial charge in [-0.3, -0.25) is 4.90 Å². The average Bonchev–Trinajstić information content (AvgIpc) is 2.49. The van der Waals surface area contributed by atoms with Crippen LogP contribution in [0.5, 0.6) is 0 Å². The predicted octanol–water partition coefficient (Wildman–Crippen LogP) is 4.25. The lowest BCUT2D eigenvalue weighted by Crippen LogP contribution is -2.54. The van der Waals surface area contributed by atoms with Gasteiger partial charge >= 0.3 is 6.09 Å². The number of benzene rings is 1. The van der Waals surface area contributed by atoms with Gasteiger partial charge in [-0.2, -0.15) is 11.8 Å². The molecule has 1 saturated heterocycles. The summed E-state index contributed by atoms with van der Waals surface area (Å²) in [7, 11) is 0. The number of nitrogens with zero attached hydrogens (tertiary/aromatic N) is 1. The van der Waals surface area contributed by atoms with E-state index in [9.17, 15) is 4.79 Å². The van der Waals surface area contributed by atoms with E-state index in [-0.39, 0.29) is 18.2 Å². The second-order valence-corrected chi connectivity index (χ2v) is 8.37. The van der Waals surface area contributed by atoms with E-state index in [0.717, 1.165) is 17.7 Å². The summed E-state index contributed by atoms with van der Waals surface area (Å²) in [6.07, 6.45) is 2.55. The van der Waals surface area contributed by atoms with Gasteiger partial charge in [0.05, 0.1) is 25.3 Å². The van der Waals surface area contributed by atoms with Crippen LogP contribution in [0, 0.1) is 0 Å². The lowest BCUT2D eigenvalue weighted by molar-refractivity contribution is -0.0613. The summed E-state index contributed by atoms with van der Waals surface area (Å²) in [4.78, 5) is 14.5. The fourth-order valence-electron chi connectivity index (χ4n) is 2.65. The van der Waals surface area contributed by atoms with Gasteiger partial charge < -0.3 is 9.47 Å². The van der Waals surface area contributed by atoms with Crippen LogP contribution in [0.3, 0.4) is 0 Å². The molecule has 24 heavy (non-hydrogen) atoms. The van der Waals surface area contributed by atoms with Crippen molar-refractivity contribution in [3.63, 3.8) is 0 Å². The molecule has 6 heteroatoms. The molecule has 1 amide bonds. The number of hydrogen-bond acceptors (Lipinski definition) is 4. The first-order valence-corrected chi connectivity index (χ1v) is 9.90. The highest BCUT2D eigenvalue weighted by molar-refractivity contribution is 7.98. The minimum absolute atomic E-state index is 0.0286. The molecule has 0 aliphatic carbocycles. The van der Waals surface area contributed by atoms with Gasteiger partial charge in [0.25, 0.3) is 0 Å². The molecule has 0 bridgehead atoms. The molecule has 0 unspecified atom stereocenters. The Morgan fingerprint density at radius 2 is 2.04 bits per heavy atom. The van der Waals surface area contributed by atoms with Gasteiger partial charge in [-0.1, -0.05) is 23.7 Å². The minimum Gasteiger partial charge on any atom is -0.444 e. The summed E-state index contributed by atoms with van der Waals surface area (Å²) in [5.74, 6) is 0.868. The van der Waals surface area contributed by atoms with Crippen molar-refractivity contribution in [2.24, 2.45) is 0 Å². The summed E-state index contributed by atoms with van der Waals surface area (Å²) < 4.78 is 11.5. The SMILES string of the molecule is CSC[C@H]1CN(C(=O)OC(C)(C)C)[C@@H](Cc2ccc(Cl)cc2)CO1. The number of carbonyl (C=O) groups excluding carboxylic acids is 1. The number of morpholine rings is 1. The van der Waals surface area contributed by atoms with Crippen LogP contribution in [0.4, 0.5) is 4.79 Å². The normalized spacial score (nSPS) is 21.6. The molecule has 1 aromatic rings. The molecule has 1 aliphatic rings. The standard InChI is InChI=1S/C18H26ClNO3S/c1-18(2,3)23-17(21)20-10-16(12-24-4)22-11-15(20)9-13-5-7-14(19)8-6-13/h5-8,15-16H,9-12H2,1-4H3/t15-,16+/m0/s1. The highest BCUT2D eigenvalue weighted by Gasteiger charge is 2.34. The van der Waals surface area contributed by atoms with Gasteiger partial charge in [0.15, 0.2) is 0 Å². The third kappa shape index (κ3) is 5.87. The van der Waals surface area contributed by atoms with Crippen molar-refractivity contribution in [1.82, 2.24) is 4.90 Å². The molecule has 1 fully saturated rings. The zero-order chi connectivity index (χ0) is 17.7. The summed E-state index contributed by atoms with van der Waals surface area (Å²) in [5.41, 5.74) is 0.625. The summed E-state index contributed by atoms with van der Waals surface area (Å²) >= 11 is 7.67. The van der Waals surface area contributed by atoms with E-state index >= 15 is 0 Å². The van der Waals surface area contributed by atoms with E-state index in [4.69, 9.17) is 21.1 Å². The molecule has 0 aromatic heterocycles. The number of ether oxygens (including phenoxy) is 2. The zero-order valence-electron chi connectivity index (χ0n) is 14.8. The molecule has 2 atom stereocenters. The topological polar surface area (TPSA) is 38.8 Å². The summed E-state index contributed by atoms with van der Waals surface area (Å²) in [6, 6.07) is 7.69. The van der Waals surface area contributed by atoms with Crippen LogP contribution in [0.25, 0.3) is 0 Å². The smallest absolute Gasteiger partial charge is 0.410 e. The first-order valence-electron chi connectivity index (χ1n) is 8.13. The minimum atomic E-state index is -0.505. The largest absolute Gasteiger partial charge is 0.444 e. The van der Waals surface area contributed by atoms with Crippen LogP contribution < -0.4 is 0 Å². The van der Waals surface area contributed by atoms with Gasteiger partial charge in [0.2, 0.25) is 0 Å². The van der Waals surface area contributed by atoms with Gasteiger partial charge in [-0.15, -0.1) is 0 Å². The molecule has 1 heterocycles. The van der Waals surface area contributed by atoms with Crippen molar-refractivity contribution >= 4 is 29.5 Å². The van der Waals surface area contributed by atoms with Crippen molar-refractivity contribution < 1.29 is 14.3 Å². The number of hydrogen-bond donors (Lipinski definition) is 0. The molecule has 0 spiro atoms. The Balaban J connectivity index is 2.10. The Hall–Kier alpha value is -0.910. The van der Waals surface area contributed by atoms with E-state index in [0.29, 0.717) is 18.2 Å². The van der Waals surface area contributed by atoms with Gasteiger partial charge in [0, 0.05) is 10.8 Å². The lowest BCUT2D eigenvalue weighted by atomic mass is 10.0. The van der Waals surface area contributed by atoms with Crippen molar-refractivity contribution in [3.05, 3.63) is 34.9 Å². The van der Waals surface area contributed by atoms with Crippen molar-refractivity contribution in [1.29, 1.82) is 0 Å². The molecule has 134 valence electrons. The third-order valence-corrected chi connectivity index (χ3v) is 4.69. The molecule has 0 radical (unpaired) electrons. The van der Waals surface area contributed by atoms with E-state index in [2.05, 4.69) is 0 Å². The number of carbonyl (C=O) groups is 1. The van der Waals surface area contributed by atoms with Crippen LogP contribution in [0.1, 0.15) is 26.3 Å². The van der Waals surface area contributed by atoms with Crippen LogP contribution in [0.2, 0.25) is 5.02 Å². The number of amides is 1. The molecule has 2 rings (SSSR count). The maximum absolute atomic E-state index is 12.6. The van der Waals surface area contributed by atoms with Gasteiger partial charge in [0.1, 0.15) is 5.60 Å². The Kier molecular flexibility index (Phi) is 6.84. The first-order chi connectivity index (χ1) is 11.3. The maximum atomic E-state index is 12.6. The second-order valence-electron chi connectivity index (χ2n) is 7.03. The van der Waals surface area contributed by atoms with Crippen LogP contribution in [-0.2, 0) is 15.9 Å². The van der Waals surface area contributed by atoms with Crippen molar-refractivity contribution in [3.8, 4) is 0 Å². The second kappa shape index (κ2) is 8.45. The Labute approximate surface area is 153 Å². The molecular formula is C18H26ClNO3S. The third-order valence-electron chi connectivity index (χ3n) is 3.73. The molecule has 0 saturated carbocycles. The average molecular weight is 372 g/mol.